The second kappa shape index (κ2) is 7.82. The third-order valence-corrected chi connectivity index (χ3v) is 7.46. The van der Waals surface area contributed by atoms with Crippen LogP contribution in [0.4, 0.5) is 5.69 Å². The molecule has 2 aromatic carbocycles. The van der Waals surface area contributed by atoms with Crippen molar-refractivity contribution in [2.45, 2.75) is 45.2 Å². The molecule has 1 amide bonds. The lowest BCUT2D eigenvalue weighted by atomic mass is 9.95. The van der Waals surface area contributed by atoms with E-state index in [0.29, 0.717) is 17.2 Å². The van der Waals surface area contributed by atoms with Crippen molar-refractivity contribution >= 4 is 21.6 Å². The Bertz CT molecular complexity index is 984. The van der Waals surface area contributed by atoms with Gasteiger partial charge in [0, 0.05) is 11.6 Å². The van der Waals surface area contributed by atoms with Gasteiger partial charge in [0.05, 0.1) is 18.5 Å². The van der Waals surface area contributed by atoms with Crippen LogP contribution in [-0.2, 0) is 16.6 Å². The molecular weight excluding hydrogens is 384 g/mol. The first-order chi connectivity index (χ1) is 13.8. The summed E-state index contributed by atoms with van der Waals surface area (Å²) in [7, 11) is -3.45. The Hall–Kier alpha value is -2.34. The van der Waals surface area contributed by atoms with Gasteiger partial charge in [-0.15, -0.1) is 0 Å². The molecule has 4 rings (SSSR count). The van der Waals surface area contributed by atoms with Crippen LogP contribution in [0.3, 0.4) is 0 Å². The lowest BCUT2D eigenvalue weighted by Gasteiger charge is -2.24. The molecule has 0 spiro atoms. The number of hydrogen-bond acceptors (Lipinski definition) is 3. The summed E-state index contributed by atoms with van der Waals surface area (Å²) in [5.41, 5.74) is 3.18. The minimum Gasteiger partial charge on any atom is -0.349 e. The Morgan fingerprint density at radius 1 is 1.03 bits per heavy atom. The molecule has 0 heterocycles. The average molecular weight is 413 g/mol. The third-order valence-electron chi connectivity index (χ3n) is 6.32. The van der Waals surface area contributed by atoms with Crippen molar-refractivity contribution in [3.63, 3.8) is 0 Å². The first kappa shape index (κ1) is 20.0. The number of nitrogens with zero attached hydrogens (tertiary/aromatic N) is 1. The molecule has 1 N–H and O–H groups in total. The zero-order valence-corrected chi connectivity index (χ0v) is 17.8. The van der Waals surface area contributed by atoms with Crippen LogP contribution in [-0.4, -0.2) is 26.6 Å². The van der Waals surface area contributed by atoms with E-state index in [1.807, 2.05) is 31.2 Å². The summed E-state index contributed by atoms with van der Waals surface area (Å²) in [4.78, 5) is 12.6. The molecular formula is C23H28N2O3S. The lowest BCUT2D eigenvalue weighted by molar-refractivity contribution is 0.0923. The minimum atomic E-state index is -3.45. The molecule has 2 aliphatic rings. The van der Waals surface area contributed by atoms with Gasteiger partial charge in [-0.05, 0) is 67.9 Å². The van der Waals surface area contributed by atoms with Gasteiger partial charge in [-0.25, -0.2) is 8.42 Å². The number of fused-ring (bicyclic) bond motifs is 2. The fourth-order valence-electron chi connectivity index (χ4n) is 4.71. The summed E-state index contributed by atoms with van der Waals surface area (Å²) in [5, 5.41) is 3.18. The molecule has 5 nitrogen and oxygen atoms in total. The molecule has 2 bridgehead atoms. The molecule has 3 atom stereocenters. The highest BCUT2D eigenvalue weighted by atomic mass is 32.2. The van der Waals surface area contributed by atoms with Crippen LogP contribution in [0, 0.1) is 18.8 Å². The highest BCUT2D eigenvalue weighted by molar-refractivity contribution is 7.92. The standard InChI is InChI=1S/C23H28N2O3S/c1-16-3-5-17(6-4-16)15-25(29(2,27)28)21-11-9-19(10-12-21)23(26)24-22-14-18-7-8-20(22)13-18/h3-6,9-12,18,20,22H,7-8,13-15H2,1-2H3,(H,24,26)/t18-,20-,22+/m1/s1. The molecule has 154 valence electrons. The van der Waals surface area contributed by atoms with Gasteiger partial charge in [-0.2, -0.15) is 0 Å². The normalized spacial score (nSPS) is 23.2. The minimum absolute atomic E-state index is 0.0708. The van der Waals surface area contributed by atoms with E-state index in [-0.39, 0.29) is 18.5 Å². The van der Waals surface area contributed by atoms with E-state index >= 15 is 0 Å². The first-order valence-corrected chi connectivity index (χ1v) is 12.1. The van der Waals surface area contributed by atoms with Crippen LogP contribution in [0.25, 0.3) is 0 Å². The fourth-order valence-corrected chi connectivity index (χ4v) is 5.60. The van der Waals surface area contributed by atoms with Crippen LogP contribution in [0.1, 0.15) is 47.2 Å². The number of benzene rings is 2. The number of sulfonamides is 1. The molecule has 0 radical (unpaired) electrons. The summed E-state index contributed by atoms with van der Waals surface area (Å²) in [6.07, 6.45) is 6.06. The number of rotatable bonds is 6. The molecule has 0 aromatic heterocycles. The number of aryl methyl sites for hydroxylation is 1. The molecule has 29 heavy (non-hydrogen) atoms. The molecule has 2 saturated carbocycles. The summed E-state index contributed by atoms with van der Waals surface area (Å²) < 4.78 is 26.1. The molecule has 0 saturated heterocycles. The summed E-state index contributed by atoms with van der Waals surface area (Å²) in [6, 6.07) is 15.0. The maximum Gasteiger partial charge on any atom is 0.251 e. The highest BCUT2D eigenvalue weighted by Gasteiger charge is 2.40. The Kier molecular flexibility index (Phi) is 5.38. The van der Waals surface area contributed by atoms with Crippen LogP contribution in [0.5, 0.6) is 0 Å². The number of hydrogen-bond donors (Lipinski definition) is 1. The van der Waals surface area contributed by atoms with Gasteiger partial charge in [-0.1, -0.05) is 36.2 Å². The summed E-state index contributed by atoms with van der Waals surface area (Å²) in [5.74, 6) is 1.33. The van der Waals surface area contributed by atoms with E-state index in [0.717, 1.165) is 23.5 Å². The number of anilines is 1. The Balaban J connectivity index is 1.48. The Morgan fingerprint density at radius 2 is 1.72 bits per heavy atom. The predicted octanol–water partition coefficient (Wildman–Crippen LogP) is 3.88. The van der Waals surface area contributed by atoms with E-state index in [4.69, 9.17) is 0 Å². The predicted molar refractivity (Wildman–Crippen MR) is 115 cm³/mol. The SMILES string of the molecule is Cc1ccc(CN(c2ccc(C(=O)N[C@H]3C[C@@H]4CC[C@@H]3C4)cc2)S(C)(=O)=O)cc1. The maximum atomic E-state index is 12.6. The molecule has 2 fully saturated rings. The quantitative estimate of drug-likeness (QED) is 0.783. The Morgan fingerprint density at radius 3 is 2.28 bits per heavy atom. The smallest absolute Gasteiger partial charge is 0.251 e. The van der Waals surface area contributed by atoms with Crippen molar-refractivity contribution in [1.82, 2.24) is 5.32 Å². The zero-order chi connectivity index (χ0) is 20.6. The summed E-state index contributed by atoms with van der Waals surface area (Å²) >= 11 is 0. The lowest BCUT2D eigenvalue weighted by Crippen LogP contribution is -2.38. The van der Waals surface area contributed by atoms with Gasteiger partial charge in [0.15, 0.2) is 0 Å². The van der Waals surface area contributed by atoms with Crippen molar-refractivity contribution in [2.75, 3.05) is 10.6 Å². The highest BCUT2D eigenvalue weighted by Crippen LogP contribution is 2.44. The van der Waals surface area contributed by atoms with Crippen LogP contribution in [0.2, 0.25) is 0 Å². The molecule has 6 heteroatoms. The molecule has 2 aromatic rings. The van der Waals surface area contributed by atoms with Crippen molar-refractivity contribution in [1.29, 1.82) is 0 Å². The van der Waals surface area contributed by atoms with Crippen LogP contribution >= 0.6 is 0 Å². The van der Waals surface area contributed by atoms with Gasteiger partial charge >= 0.3 is 0 Å². The number of amides is 1. The Labute approximate surface area is 173 Å². The maximum absolute atomic E-state index is 12.6. The molecule has 2 aliphatic carbocycles. The van der Waals surface area contributed by atoms with Crippen LogP contribution < -0.4 is 9.62 Å². The van der Waals surface area contributed by atoms with Gasteiger partial charge < -0.3 is 5.32 Å². The van der Waals surface area contributed by atoms with E-state index in [1.165, 1.54) is 29.8 Å². The van der Waals surface area contributed by atoms with Crippen molar-refractivity contribution < 1.29 is 13.2 Å². The van der Waals surface area contributed by atoms with E-state index in [9.17, 15) is 13.2 Å². The van der Waals surface area contributed by atoms with Crippen molar-refractivity contribution in [2.24, 2.45) is 11.8 Å². The monoisotopic (exact) mass is 412 g/mol. The number of carbonyl (C=O) groups excluding carboxylic acids is 1. The molecule has 0 unspecified atom stereocenters. The van der Waals surface area contributed by atoms with Gasteiger partial charge in [0.2, 0.25) is 10.0 Å². The largest absolute Gasteiger partial charge is 0.349 e. The van der Waals surface area contributed by atoms with E-state index in [2.05, 4.69) is 5.32 Å². The number of carbonyl (C=O) groups is 1. The second-order valence-corrected chi connectivity index (χ2v) is 10.5. The van der Waals surface area contributed by atoms with Gasteiger partial charge in [-0.3, -0.25) is 9.10 Å². The molecule has 0 aliphatic heterocycles. The first-order valence-electron chi connectivity index (χ1n) is 10.2. The zero-order valence-electron chi connectivity index (χ0n) is 17.0. The van der Waals surface area contributed by atoms with Crippen LogP contribution in [0.15, 0.2) is 48.5 Å². The second-order valence-electron chi connectivity index (χ2n) is 8.56. The fraction of sp³-hybridized carbons (Fsp3) is 0.435. The van der Waals surface area contributed by atoms with Gasteiger partial charge in [0.25, 0.3) is 5.91 Å². The number of nitrogens with one attached hydrogen (secondary N) is 1. The van der Waals surface area contributed by atoms with E-state index in [1.54, 1.807) is 24.3 Å². The third kappa shape index (κ3) is 4.47. The average Bonchev–Trinajstić information content (AvgIpc) is 3.30. The topological polar surface area (TPSA) is 66.5 Å². The van der Waals surface area contributed by atoms with Crippen molar-refractivity contribution in [3.05, 3.63) is 65.2 Å². The van der Waals surface area contributed by atoms with E-state index < -0.39 is 10.0 Å². The summed E-state index contributed by atoms with van der Waals surface area (Å²) in [6.45, 7) is 2.26. The van der Waals surface area contributed by atoms with Gasteiger partial charge in [0.1, 0.15) is 0 Å². The van der Waals surface area contributed by atoms with Crippen molar-refractivity contribution in [3.8, 4) is 0 Å².